The number of nitrogens with zero attached hydrogens (tertiary/aromatic N) is 2. The van der Waals surface area contributed by atoms with Gasteiger partial charge >= 0.3 is 0 Å². The van der Waals surface area contributed by atoms with Crippen LogP contribution in [-0.2, 0) is 0 Å². The average Bonchev–Trinajstić information content (AvgIpc) is 3.14. The molecule has 0 saturated heterocycles. The molecule has 0 aliphatic carbocycles. The Morgan fingerprint density at radius 3 is 2.50 bits per heavy atom. The molecule has 0 spiro atoms. The number of methoxy groups -OCH3 is 3. The van der Waals surface area contributed by atoms with Gasteiger partial charge in [0.15, 0.2) is 11.5 Å². The Kier molecular flexibility index (Phi) is 7.71. The van der Waals surface area contributed by atoms with E-state index < -0.39 is 0 Å². The van der Waals surface area contributed by atoms with Crippen molar-refractivity contribution in [2.75, 3.05) is 27.1 Å². The Morgan fingerprint density at radius 2 is 1.71 bits per heavy atom. The van der Waals surface area contributed by atoms with Crippen LogP contribution in [0.5, 0.6) is 28.7 Å². The first-order valence-corrected chi connectivity index (χ1v) is 13.5. The van der Waals surface area contributed by atoms with Crippen LogP contribution in [-0.4, -0.2) is 43.8 Å². The van der Waals surface area contributed by atoms with E-state index in [1.54, 1.807) is 57.5 Å². The molecule has 0 unspecified atom stereocenters. The van der Waals surface area contributed by atoms with Gasteiger partial charge in [-0.3, -0.25) is 9.78 Å². The summed E-state index contributed by atoms with van der Waals surface area (Å²) in [6.45, 7) is 0. The van der Waals surface area contributed by atoms with Crippen LogP contribution in [0.3, 0.4) is 0 Å². The van der Waals surface area contributed by atoms with Crippen molar-refractivity contribution in [3.05, 3.63) is 70.8 Å². The van der Waals surface area contributed by atoms with E-state index in [9.17, 15) is 4.79 Å². The number of carbonyl (C=O) groups excluding carboxylic acids is 1. The molecule has 0 bridgehead atoms. The normalized spacial score (nSPS) is 12.7. The highest BCUT2D eigenvalue weighted by molar-refractivity contribution is 9.10. The largest absolute Gasteiger partial charge is 0.496 e. The van der Waals surface area contributed by atoms with Gasteiger partial charge in [-0.05, 0) is 52.3 Å². The van der Waals surface area contributed by atoms with Gasteiger partial charge in [0, 0.05) is 39.2 Å². The van der Waals surface area contributed by atoms with E-state index in [1.807, 2.05) is 36.4 Å². The fourth-order valence-electron chi connectivity index (χ4n) is 4.06. The summed E-state index contributed by atoms with van der Waals surface area (Å²) in [6.07, 6.45) is 2.29. The van der Waals surface area contributed by atoms with Crippen LogP contribution < -0.4 is 24.3 Å². The van der Waals surface area contributed by atoms with Crippen molar-refractivity contribution in [1.29, 1.82) is 0 Å². The number of thioether (sulfide) groups is 1. The Hall–Kier alpha value is -3.76. The summed E-state index contributed by atoms with van der Waals surface area (Å²) in [7, 11) is 4.72. The van der Waals surface area contributed by atoms with Crippen LogP contribution in [0.2, 0.25) is 0 Å². The molecule has 2 heterocycles. The van der Waals surface area contributed by atoms with Gasteiger partial charge in [-0.1, -0.05) is 12.1 Å². The third-order valence-electron chi connectivity index (χ3n) is 5.89. The molecule has 0 fully saturated rings. The maximum absolute atomic E-state index is 12.9. The van der Waals surface area contributed by atoms with Crippen LogP contribution in [0.4, 0.5) is 5.69 Å². The van der Waals surface area contributed by atoms with E-state index >= 15 is 0 Å². The first-order chi connectivity index (χ1) is 18.5. The minimum atomic E-state index is -0.262. The van der Waals surface area contributed by atoms with E-state index in [0.717, 1.165) is 31.7 Å². The molecule has 194 valence electrons. The Bertz CT molecular complexity index is 1560. The Balaban J connectivity index is 1.44. The van der Waals surface area contributed by atoms with E-state index in [0.29, 0.717) is 46.6 Å². The molecule has 0 radical (unpaired) electrons. The minimum absolute atomic E-state index is 0.262. The number of halogens is 1. The summed E-state index contributed by atoms with van der Waals surface area (Å²) in [5.41, 5.74) is 1.92. The molecule has 4 aromatic rings. The molecule has 1 amide bonds. The van der Waals surface area contributed by atoms with Gasteiger partial charge in [0.25, 0.3) is 5.91 Å². The number of para-hydroxylation sites is 1. The molecule has 38 heavy (non-hydrogen) atoms. The lowest BCUT2D eigenvalue weighted by atomic mass is 10.2. The van der Waals surface area contributed by atoms with Gasteiger partial charge in [0.05, 0.1) is 38.1 Å². The molecule has 1 aromatic heterocycles. The van der Waals surface area contributed by atoms with Crippen molar-refractivity contribution in [2.45, 2.75) is 11.3 Å². The number of aromatic nitrogens is 1. The van der Waals surface area contributed by atoms with Gasteiger partial charge in [-0.25, -0.2) is 4.99 Å². The Labute approximate surface area is 232 Å². The number of carbonyl (C=O) groups is 1. The number of nitrogens with one attached hydrogen (secondary N) is 1. The number of pyridine rings is 1. The number of ether oxygens (including phenoxy) is 4. The molecular weight excluding hydrogens is 570 g/mol. The van der Waals surface area contributed by atoms with E-state index in [2.05, 4.69) is 26.2 Å². The van der Waals surface area contributed by atoms with Gasteiger partial charge < -0.3 is 24.3 Å². The molecule has 10 heteroatoms. The summed E-state index contributed by atoms with van der Waals surface area (Å²) < 4.78 is 23.3. The zero-order valence-electron chi connectivity index (χ0n) is 20.9. The summed E-state index contributed by atoms with van der Waals surface area (Å²) in [5.74, 6) is 4.04. The number of rotatable bonds is 6. The quantitative estimate of drug-likeness (QED) is 0.264. The Morgan fingerprint density at radius 1 is 0.947 bits per heavy atom. The standard InChI is InChI=1S/C28H24BrN3O5S/c1-34-21-7-5-4-6-17(21)28(33)32-26-9-11-38-25-13-16(12-19(29)27(25)31-26)37-22-8-10-30-20-15-24(36-3)23(35-2)14-18(20)22/h4-8,10,12-15H,9,11H2,1-3H3,(H,31,32,33). The smallest absolute Gasteiger partial charge is 0.260 e. The van der Waals surface area contributed by atoms with Gasteiger partial charge in [0.2, 0.25) is 0 Å². The van der Waals surface area contributed by atoms with Crippen LogP contribution in [0.25, 0.3) is 10.9 Å². The van der Waals surface area contributed by atoms with Gasteiger partial charge in [0.1, 0.15) is 23.1 Å². The second kappa shape index (κ2) is 11.3. The molecule has 1 aliphatic rings. The van der Waals surface area contributed by atoms with E-state index in [1.165, 1.54) is 0 Å². The number of aliphatic imine (C=N–C) groups is 1. The molecule has 3 aromatic carbocycles. The summed E-state index contributed by atoms with van der Waals surface area (Å²) in [4.78, 5) is 23.1. The lowest BCUT2D eigenvalue weighted by Gasteiger charge is -2.14. The maximum atomic E-state index is 12.9. The van der Waals surface area contributed by atoms with Crippen molar-refractivity contribution in [2.24, 2.45) is 4.99 Å². The lowest BCUT2D eigenvalue weighted by molar-refractivity contribution is 0.0973. The first-order valence-electron chi connectivity index (χ1n) is 11.7. The van der Waals surface area contributed by atoms with E-state index in [4.69, 9.17) is 23.9 Å². The minimum Gasteiger partial charge on any atom is -0.496 e. The molecule has 0 atom stereocenters. The number of fused-ring (bicyclic) bond motifs is 2. The average molecular weight is 594 g/mol. The molecule has 1 N–H and O–H groups in total. The van der Waals surface area contributed by atoms with Crippen LogP contribution >= 0.6 is 27.7 Å². The fraction of sp³-hybridized carbons (Fsp3) is 0.179. The molecule has 8 nitrogen and oxygen atoms in total. The summed E-state index contributed by atoms with van der Waals surface area (Å²) >= 11 is 5.30. The monoisotopic (exact) mass is 593 g/mol. The zero-order chi connectivity index (χ0) is 26.6. The lowest BCUT2D eigenvalue weighted by Crippen LogP contribution is -2.30. The molecule has 5 rings (SSSR count). The molecule has 0 saturated carbocycles. The fourth-order valence-corrected chi connectivity index (χ4v) is 5.73. The highest BCUT2D eigenvalue weighted by atomic mass is 79.9. The third kappa shape index (κ3) is 5.27. The van der Waals surface area contributed by atoms with Crippen molar-refractivity contribution in [1.82, 2.24) is 10.3 Å². The van der Waals surface area contributed by atoms with Crippen LogP contribution in [0, 0.1) is 0 Å². The predicted molar refractivity (Wildman–Crippen MR) is 152 cm³/mol. The zero-order valence-corrected chi connectivity index (χ0v) is 23.3. The van der Waals surface area contributed by atoms with Crippen LogP contribution in [0.15, 0.2) is 75.2 Å². The number of amidine groups is 1. The second-order valence-electron chi connectivity index (χ2n) is 8.20. The predicted octanol–water partition coefficient (Wildman–Crippen LogP) is 6.77. The van der Waals surface area contributed by atoms with Gasteiger partial charge in [-0.15, -0.1) is 11.8 Å². The SMILES string of the molecule is COc1cc2nccc(Oc3cc(Br)c4c(c3)SCCC(NC(=O)c3ccccc3OC)=N4)c2cc1OC. The summed E-state index contributed by atoms with van der Waals surface area (Å²) in [6, 6.07) is 16.4. The molecule has 1 aliphatic heterocycles. The highest BCUT2D eigenvalue weighted by Gasteiger charge is 2.20. The number of hydrogen-bond acceptors (Lipinski definition) is 8. The topological polar surface area (TPSA) is 91.3 Å². The van der Waals surface area contributed by atoms with Gasteiger partial charge in [-0.2, -0.15) is 0 Å². The number of benzene rings is 3. The molecular formula is C28H24BrN3O5S. The highest BCUT2D eigenvalue weighted by Crippen LogP contribution is 2.44. The number of hydrogen-bond donors (Lipinski definition) is 1. The van der Waals surface area contributed by atoms with Crippen molar-refractivity contribution < 1.29 is 23.7 Å². The van der Waals surface area contributed by atoms with Crippen LogP contribution in [0.1, 0.15) is 16.8 Å². The van der Waals surface area contributed by atoms with E-state index in [-0.39, 0.29) is 5.91 Å². The summed E-state index contributed by atoms with van der Waals surface area (Å²) in [5, 5.41) is 3.74. The van der Waals surface area contributed by atoms with Crippen molar-refractivity contribution in [3.8, 4) is 28.7 Å². The maximum Gasteiger partial charge on any atom is 0.260 e. The first kappa shape index (κ1) is 25.9. The third-order valence-corrected chi connectivity index (χ3v) is 7.52. The second-order valence-corrected chi connectivity index (χ2v) is 10.2. The van der Waals surface area contributed by atoms with Crippen molar-refractivity contribution >= 4 is 56.0 Å². The number of amides is 1. The van der Waals surface area contributed by atoms with Crippen molar-refractivity contribution in [3.63, 3.8) is 0 Å².